The average molecular weight is 502 g/mol. The Balaban J connectivity index is 1.43. The van der Waals surface area contributed by atoms with Crippen molar-refractivity contribution in [3.8, 4) is 0 Å². The molecule has 2 saturated carbocycles. The predicted octanol–water partition coefficient (Wildman–Crippen LogP) is 3.33. The van der Waals surface area contributed by atoms with E-state index in [-0.39, 0.29) is 23.0 Å². The molecule has 2 aliphatic rings. The van der Waals surface area contributed by atoms with Crippen molar-refractivity contribution in [2.75, 3.05) is 23.3 Å². The molecule has 0 saturated heterocycles. The number of hydrogen-bond donors (Lipinski definition) is 3. The van der Waals surface area contributed by atoms with E-state index >= 15 is 0 Å². The summed E-state index contributed by atoms with van der Waals surface area (Å²) in [4.78, 5) is 24.0. The van der Waals surface area contributed by atoms with E-state index in [1.54, 1.807) is 13.0 Å². The standard InChI is InChI=1S/C25H35N5O4S/c1-2-21(31)15-28-35(33,34)22-12-10-19(11-13-22)29-25(32)23-14-24(27-17-26-23)30(16-18-8-9-18)20-6-4-3-5-7-20/h10-14,17-18,20-21,28,31H,2-9,15-16H2,1H3,(H,29,32). The molecule has 0 aliphatic heterocycles. The summed E-state index contributed by atoms with van der Waals surface area (Å²) in [5.74, 6) is 1.13. The minimum atomic E-state index is -3.74. The molecule has 2 aromatic rings. The maximum atomic E-state index is 12.9. The fourth-order valence-corrected chi connectivity index (χ4v) is 5.45. The molecule has 10 heteroatoms. The lowest BCUT2D eigenvalue weighted by atomic mass is 9.94. The highest BCUT2D eigenvalue weighted by Crippen LogP contribution is 2.34. The number of aromatic nitrogens is 2. The van der Waals surface area contributed by atoms with Crippen LogP contribution in [-0.4, -0.2) is 54.6 Å². The normalized spacial score (nSPS) is 17.7. The largest absolute Gasteiger partial charge is 0.392 e. The number of amides is 1. The van der Waals surface area contributed by atoms with Crippen LogP contribution in [0.4, 0.5) is 11.5 Å². The Hall–Kier alpha value is -2.56. The molecule has 9 nitrogen and oxygen atoms in total. The molecule has 1 aromatic carbocycles. The van der Waals surface area contributed by atoms with Crippen LogP contribution in [-0.2, 0) is 10.0 Å². The van der Waals surface area contributed by atoms with Crippen molar-refractivity contribution in [2.45, 2.75) is 75.3 Å². The first-order valence-corrected chi connectivity index (χ1v) is 14.0. The topological polar surface area (TPSA) is 125 Å². The number of rotatable bonds is 11. The van der Waals surface area contributed by atoms with Crippen molar-refractivity contribution in [3.05, 3.63) is 42.4 Å². The predicted molar refractivity (Wildman–Crippen MR) is 135 cm³/mol. The van der Waals surface area contributed by atoms with Gasteiger partial charge in [-0.25, -0.2) is 23.1 Å². The molecule has 190 valence electrons. The Labute approximate surface area is 207 Å². The molecule has 1 atom stereocenters. The van der Waals surface area contributed by atoms with Gasteiger partial charge in [-0.15, -0.1) is 0 Å². The van der Waals surface area contributed by atoms with Crippen LogP contribution in [0.15, 0.2) is 41.6 Å². The van der Waals surface area contributed by atoms with E-state index in [0.717, 1.165) is 25.2 Å². The Bertz CT molecular complexity index is 1100. The highest BCUT2D eigenvalue weighted by molar-refractivity contribution is 7.89. The van der Waals surface area contributed by atoms with Gasteiger partial charge in [-0.3, -0.25) is 4.79 Å². The fourth-order valence-electron chi connectivity index (χ4n) is 4.38. The number of anilines is 2. The zero-order valence-electron chi connectivity index (χ0n) is 20.2. The minimum Gasteiger partial charge on any atom is -0.392 e. The molecule has 0 spiro atoms. The van der Waals surface area contributed by atoms with E-state index in [2.05, 4.69) is 24.9 Å². The summed E-state index contributed by atoms with van der Waals surface area (Å²) < 4.78 is 27.2. The first-order valence-electron chi connectivity index (χ1n) is 12.5. The van der Waals surface area contributed by atoms with Gasteiger partial charge in [-0.05, 0) is 62.3 Å². The highest BCUT2D eigenvalue weighted by Gasteiger charge is 2.30. The number of nitrogens with zero attached hydrogens (tertiary/aromatic N) is 3. The van der Waals surface area contributed by atoms with E-state index in [1.165, 1.54) is 62.7 Å². The van der Waals surface area contributed by atoms with Gasteiger partial charge in [0, 0.05) is 30.9 Å². The molecule has 2 aliphatic carbocycles. The third-order valence-corrected chi connectivity index (χ3v) is 8.19. The third-order valence-electron chi connectivity index (χ3n) is 6.75. The molecule has 1 aromatic heterocycles. The number of carbonyl (C=O) groups excluding carboxylic acids is 1. The fraction of sp³-hybridized carbons (Fsp3) is 0.560. The van der Waals surface area contributed by atoms with Crippen molar-refractivity contribution in [1.29, 1.82) is 0 Å². The van der Waals surface area contributed by atoms with Gasteiger partial charge in [-0.1, -0.05) is 26.2 Å². The number of benzene rings is 1. The van der Waals surface area contributed by atoms with Gasteiger partial charge in [-0.2, -0.15) is 0 Å². The van der Waals surface area contributed by atoms with E-state index in [0.29, 0.717) is 24.1 Å². The molecule has 4 rings (SSSR count). The Kier molecular flexibility index (Phi) is 8.35. The molecule has 1 amide bonds. The summed E-state index contributed by atoms with van der Waals surface area (Å²) in [7, 11) is -3.74. The monoisotopic (exact) mass is 501 g/mol. The molecule has 35 heavy (non-hydrogen) atoms. The Morgan fingerprint density at radius 3 is 2.49 bits per heavy atom. The van der Waals surface area contributed by atoms with Crippen LogP contribution in [0.1, 0.15) is 68.8 Å². The van der Waals surface area contributed by atoms with Crippen molar-refractivity contribution in [3.63, 3.8) is 0 Å². The summed E-state index contributed by atoms with van der Waals surface area (Å²) in [6.45, 7) is 2.70. The Morgan fingerprint density at radius 2 is 1.83 bits per heavy atom. The summed E-state index contributed by atoms with van der Waals surface area (Å²) in [5.41, 5.74) is 0.739. The summed E-state index contributed by atoms with van der Waals surface area (Å²) >= 11 is 0. The van der Waals surface area contributed by atoms with Gasteiger partial charge in [0.2, 0.25) is 10.0 Å². The number of carbonyl (C=O) groups is 1. The number of aliphatic hydroxyl groups is 1. The van der Waals surface area contributed by atoms with Gasteiger partial charge in [0.15, 0.2) is 0 Å². The van der Waals surface area contributed by atoms with Gasteiger partial charge >= 0.3 is 0 Å². The Morgan fingerprint density at radius 1 is 1.11 bits per heavy atom. The van der Waals surface area contributed by atoms with E-state index in [1.807, 2.05) is 0 Å². The van der Waals surface area contributed by atoms with E-state index in [4.69, 9.17) is 0 Å². The van der Waals surface area contributed by atoms with E-state index < -0.39 is 16.1 Å². The van der Waals surface area contributed by atoms with Gasteiger partial charge < -0.3 is 15.3 Å². The second kappa shape index (κ2) is 11.5. The van der Waals surface area contributed by atoms with Crippen LogP contribution in [0, 0.1) is 5.92 Å². The third kappa shape index (κ3) is 6.99. The highest BCUT2D eigenvalue weighted by atomic mass is 32.2. The van der Waals surface area contributed by atoms with Crippen molar-refractivity contribution in [1.82, 2.24) is 14.7 Å². The van der Waals surface area contributed by atoms with Crippen LogP contribution >= 0.6 is 0 Å². The smallest absolute Gasteiger partial charge is 0.274 e. The van der Waals surface area contributed by atoms with Crippen LogP contribution in [0.25, 0.3) is 0 Å². The number of aliphatic hydroxyl groups excluding tert-OH is 1. The van der Waals surface area contributed by atoms with Crippen LogP contribution in [0.2, 0.25) is 0 Å². The van der Waals surface area contributed by atoms with Crippen molar-refractivity contribution in [2.24, 2.45) is 5.92 Å². The second-order valence-corrected chi connectivity index (χ2v) is 11.3. The molecular weight excluding hydrogens is 466 g/mol. The van der Waals surface area contributed by atoms with Gasteiger partial charge in [0.05, 0.1) is 11.0 Å². The zero-order valence-corrected chi connectivity index (χ0v) is 21.0. The first-order chi connectivity index (χ1) is 16.9. The second-order valence-electron chi connectivity index (χ2n) is 9.54. The quantitative estimate of drug-likeness (QED) is 0.431. The summed E-state index contributed by atoms with van der Waals surface area (Å²) in [6, 6.07) is 8.12. The maximum absolute atomic E-state index is 12.9. The minimum absolute atomic E-state index is 0.0496. The molecule has 0 radical (unpaired) electrons. The summed E-state index contributed by atoms with van der Waals surface area (Å²) in [6.07, 6.45) is 9.71. The molecular formula is C25H35N5O4S. The molecule has 1 unspecified atom stereocenters. The summed E-state index contributed by atoms with van der Waals surface area (Å²) in [5, 5.41) is 12.4. The molecule has 3 N–H and O–H groups in total. The lowest BCUT2D eigenvalue weighted by Crippen LogP contribution is -2.39. The SMILES string of the molecule is CCC(O)CNS(=O)(=O)c1ccc(NC(=O)c2cc(N(CC3CC3)C3CCCCC3)ncn2)cc1. The lowest BCUT2D eigenvalue weighted by molar-refractivity contribution is 0.102. The number of hydrogen-bond acceptors (Lipinski definition) is 7. The molecule has 1 heterocycles. The van der Waals surface area contributed by atoms with Crippen molar-refractivity contribution >= 4 is 27.4 Å². The van der Waals surface area contributed by atoms with Crippen LogP contribution < -0.4 is 14.9 Å². The number of nitrogens with one attached hydrogen (secondary N) is 2. The first kappa shape index (κ1) is 25.5. The maximum Gasteiger partial charge on any atom is 0.274 e. The van der Waals surface area contributed by atoms with Crippen LogP contribution in [0.3, 0.4) is 0 Å². The zero-order chi connectivity index (χ0) is 24.8. The van der Waals surface area contributed by atoms with Crippen LogP contribution in [0.5, 0.6) is 0 Å². The van der Waals surface area contributed by atoms with Crippen molar-refractivity contribution < 1.29 is 18.3 Å². The molecule has 0 bridgehead atoms. The molecule has 2 fully saturated rings. The van der Waals surface area contributed by atoms with Gasteiger partial charge in [0.25, 0.3) is 5.91 Å². The number of sulfonamides is 1. The van der Waals surface area contributed by atoms with E-state index in [9.17, 15) is 18.3 Å². The van der Waals surface area contributed by atoms with Gasteiger partial charge in [0.1, 0.15) is 17.8 Å². The lowest BCUT2D eigenvalue weighted by Gasteiger charge is -2.35. The average Bonchev–Trinajstić information content (AvgIpc) is 3.71.